The van der Waals surface area contributed by atoms with Gasteiger partial charge < -0.3 is 15.2 Å². The van der Waals surface area contributed by atoms with Gasteiger partial charge in [0.05, 0.1) is 47.1 Å². The van der Waals surface area contributed by atoms with E-state index in [0.717, 1.165) is 23.1 Å². The normalized spacial score (nSPS) is 12.2. The molecule has 0 aliphatic heterocycles. The predicted molar refractivity (Wildman–Crippen MR) is 160 cm³/mol. The standard InChI is InChI=1S/C32H26ClF3N4O4/c1-18(19-3-5-20(6-4-19)31(43)37-12-11-30(41)42)40-29(22-13-21-7-9-24(44-2)15-27(21)38-17-22)16-28(39-40)25-14-23(32(34,35)36)8-10-26(25)33/h3-10,13-18H,11-12H2,1-2H3,(H,37,43)(H,41,42). The summed E-state index contributed by atoms with van der Waals surface area (Å²) < 4.78 is 47.7. The molecule has 1 atom stereocenters. The van der Waals surface area contributed by atoms with Crippen molar-refractivity contribution in [1.82, 2.24) is 20.1 Å². The van der Waals surface area contributed by atoms with E-state index in [1.54, 1.807) is 60.5 Å². The summed E-state index contributed by atoms with van der Waals surface area (Å²) in [7, 11) is 1.56. The summed E-state index contributed by atoms with van der Waals surface area (Å²) in [5, 5.41) is 17.0. The lowest BCUT2D eigenvalue weighted by Crippen LogP contribution is -2.26. The number of carbonyl (C=O) groups excluding carboxylic acids is 1. The molecule has 3 aromatic carbocycles. The number of methoxy groups -OCH3 is 1. The van der Waals surface area contributed by atoms with Crippen molar-refractivity contribution in [3.63, 3.8) is 0 Å². The average Bonchev–Trinajstić information content (AvgIpc) is 3.45. The first-order chi connectivity index (χ1) is 20.9. The Bertz CT molecular complexity index is 1860. The Morgan fingerprint density at radius 2 is 1.80 bits per heavy atom. The number of carboxylic acids is 1. The summed E-state index contributed by atoms with van der Waals surface area (Å²) in [5.41, 5.74) is 2.58. The number of ether oxygens (including phenoxy) is 1. The monoisotopic (exact) mass is 622 g/mol. The van der Waals surface area contributed by atoms with Crippen LogP contribution in [0.25, 0.3) is 33.4 Å². The molecular weight excluding hydrogens is 597 g/mol. The summed E-state index contributed by atoms with van der Waals surface area (Å²) in [5.74, 6) is -0.779. The smallest absolute Gasteiger partial charge is 0.416 e. The van der Waals surface area contributed by atoms with Crippen molar-refractivity contribution >= 4 is 34.4 Å². The molecule has 0 aliphatic rings. The molecule has 0 spiro atoms. The first kappa shape index (κ1) is 30.6. The molecule has 0 aliphatic carbocycles. The van der Waals surface area contributed by atoms with Crippen molar-refractivity contribution in [2.75, 3.05) is 13.7 Å². The van der Waals surface area contributed by atoms with E-state index in [1.807, 2.05) is 19.1 Å². The Kier molecular flexibility index (Phi) is 8.59. The Hall–Kier alpha value is -4.90. The number of alkyl halides is 3. The highest BCUT2D eigenvalue weighted by Crippen LogP contribution is 2.38. The maximum atomic E-state index is 13.6. The van der Waals surface area contributed by atoms with Gasteiger partial charge in [0.25, 0.3) is 5.91 Å². The lowest BCUT2D eigenvalue weighted by molar-refractivity contribution is -0.138. The van der Waals surface area contributed by atoms with E-state index in [9.17, 15) is 22.8 Å². The number of benzene rings is 3. The minimum Gasteiger partial charge on any atom is -0.497 e. The molecule has 8 nitrogen and oxygen atoms in total. The van der Waals surface area contributed by atoms with Crippen LogP contribution >= 0.6 is 11.6 Å². The largest absolute Gasteiger partial charge is 0.497 e. The lowest BCUT2D eigenvalue weighted by Gasteiger charge is -2.17. The van der Waals surface area contributed by atoms with Crippen LogP contribution in [-0.4, -0.2) is 45.4 Å². The highest BCUT2D eigenvalue weighted by Gasteiger charge is 2.31. The molecule has 0 saturated heterocycles. The minimum atomic E-state index is -4.57. The van der Waals surface area contributed by atoms with Gasteiger partial charge in [-0.05, 0) is 67.1 Å². The summed E-state index contributed by atoms with van der Waals surface area (Å²) in [6.45, 7) is 1.87. The van der Waals surface area contributed by atoms with Crippen LogP contribution < -0.4 is 10.1 Å². The fraction of sp³-hybridized carbons (Fsp3) is 0.188. The Morgan fingerprint density at radius 1 is 1.05 bits per heavy atom. The van der Waals surface area contributed by atoms with Gasteiger partial charge in [0, 0.05) is 40.9 Å². The van der Waals surface area contributed by atoms with Gasteiger partial charge in [0.1, 0.15) is 5.75 Å². The fourth-order valence-corrected chi connectivity index (χ4v) is 4.96. The van der Waals surface area contributed by atoms with E-state index in [1.165, 1.54) is 6.07 Å². The summed E-state index contributed by atoms with van der Waals surface area (Å²) in [6, 6.07) is 18.4. The molecule has 0 radical (unpaired) electrons. The summed E-state index contributed by atoms with van der Waals surface area (Å²) in [4.78, 5) is 27.7. The second-order valence-electron chi connectivity index (χ2n) is 10.0. The molecular formula is C32H26ClF3N4O4. The molecule has 0 fully saturated rings. The van der Waals surface area contributed by atoms with E-state index in [-0.39, 0.29) is 29.2 Å². The van der Waals surface area contributed by atoms with E-state index in [4.69, 9.17) is 26.5 Å². The van der Waals surface area contributed by atoms with Crippen LogP contribution in [0.4, 0.5) is 13.2 Å². The third-order valence-electron chi connectivity index (χ3n) is 7.14. The number of nitrogens with one attached hydrogen (secondary N) is 1. The van der Waals surface area contributed by atoms with E-state index in [0.29, 0.717) is 28.1 Å². The number of nitrogens with zero attached hydrogens (tertiary/aromatic N) is 3. The van der Waals surface area contributed by atoms with E-state index >= 15 is 0 Å². The van der Waals surface area contributed by atoms with Crippen molar-refractivity contribution in [3.05, 3.63) is 101 Å². The highest BCUT2D eigenvalue weighted by atomic mass is 35.5. The van der Waals surface area contributed by atoms with Gasteiger partial charge in [0.15, 0.2) is 0 Å². The molecule has 0 saturated carbocycles. The zero-order valence-electron chi connectivity index (χ0n) is 23.5. The fourth-order valence-electron chi connectivity index (χ4n) is 4.74. The van der Waals surface area contributed by atoms with Crippen LogP contribution in [0.5, 0.6) is 5.75 Å². The zero-order chi connectivity index (χ0) is 31.6. The summed E-state index contributed by atoms with van der Waals surface area (Å²) >= 11 is 6.38. The number of aromatic nitrogens is 3. The molecule has 0 bridgehead atoms. The van der Waals surface area contributed by atoms with Gasteiger partial charge in [-0.1, -0.05) is 23.7 Å². The maximum absolute atomic E-state index is 13.6. The molecule has 2 N–H and O–H groups in total. The molecule has 12 heteroatoms. The van der Waals surface area contributed by atoms with Gasteiger partial charge in [-0.2, -0.15) is 18.3 Å². The van der Waals surface area contributed by atoms with Crippen molar-refractivity contribution in [2.24, 2.45) is 0 Å². The van der Waals surface area contributed by atoms with Crippen LogP contribution in [0.3, 0.4) is 0 Å². The Labute approximate surface area is 255 Å². The zero-order valence-corrected chi connectivity index (χ0v) is 24.3. The molecule has 5 aromatic rings. The number of halogens is 4. The number of carboxylic acid groups (broad SMARTS) is 1. The van der Waals surface area contributed by atoms with E-state index < -0.39 is 29.7 Å². The van der Waals surface area contributed by atoms with Crippen molar-refractivity contribution < 1.29 is 32.6 Å². The Morgan fingerprint density at radius 3 is 2.48 bits per heavy atom. The SMILES string of the molecule is COc1ccc2cc(-c3cc(-c4cc(C(F)(F)F)ccc4Cl)nn3C(C)c3ccc(C(=O)NCCC(=O)O)cc3)cnc2c1. The van der Waals surface area contributed by atoms with Crippen molar-refractivity contribution in [3.8, 4) is 28.3 Å². The molecule has 2 heterocycles. The highest BCUT2D eigenvalue weighted by molar-refractivity contribution is 6.33. The number of aliphatic carboxylic acids is 1. The quantitative estimate of drug-likeness (QED) is 0.179. The van der Waals surface area contributed by atoms with Crippen LogP contribution in [0, 0.1) is 0 Å². The van der Waals surface area contributed by atoms with Crippen molar-refractivity contribution in [1.29, 1.82) is 0 Å². The maximum Gasteiger partial charge on any atom is 0.416 e. The molecule has 2 aromatic heterocycles. The van der Waals surface area contributed by atoms with Crippen LogP contribution in [0.15, 0.2) is 79.0 Å². The molecule has 1 unspecified atom stereocenters. The van der Waals surface area contributed by atoms with Gasteiger partial charge in [0.2, 0.25) is 0 Å². The second kappa shape index (κ2) is 12.4. The number of carbonyl (C=O) groups is 2. The molecule has 44 heavy (non-hydrogen) atoms. The first-order valence-corrected chi connectivity index (χ1v) is 13.8. The first-order valence-electron chi connectivity index (χ1n) is 13.5. The number of fused-ring (bicyclic) bond motifs is 1. The third kappa shape index (κ3) is 6.52. The summed E-state index contributed by atoms with van der Waals surface area (Å²) in [6.07, 6.45) is -3.11. The third-order valence-corrected chi connectivity index (χ3v) is 7.47. The molecule has 226 valence electrons. The number of pyridine rings is 1. The predicted octanol–water partition coefficient (Wildman–Crippen LogP) is 7.26. The van der Waals surface area contributed by atoms with Gasteiger partial charge in [-0.3, -0.25) is 19.3 Å². The van der Waals surface area contributed by atoms with Gasteiger partial charge in [-0.25, -0.2) is 0 Å². The number of amides is 1. The van der Waals surface area contributed by atoms with Gasteiger partial charge >= 0.3 is 12.1 Å². The lowest BCUT2D eigenvalue weighted by atomic mass is 10.0. The second-order valence-corrected chi connectivity index (χ2v) is 10.4. The minimum absolute atomic E-state index is 0.00355. The Balaban J connectivity index is 1.56. The van der Waals surface area contributed by atoms with Crippen LogP contribution in [0.1, 0.15) is 40.9 Å². The number of hydrogen-bond donors (Lipinski definition) is 2. The average molecular weight is 623 g/mol. The van der Waals surface area contributed by atoms with Gasteiger partial charge in [-0.15, -0.1) is 0 Å². The number of rotatable bonds is 9. The molecule has 1 amide bonds. The molecule has 5 rings (SSSR count). The van der Waals surface area contributed by atoms with Crippen molar-refractivity contribution in [2.45, 2.75) is 25.6 Å². The number of hydrogen-bond acceptors (Lipinski definition) is 5. The van der Waals surface area contributed by atoms with Crippen LogP contribution in [0.2, 0.25) is 5.02 Å². The topological polar surface area (TPSA) is 106 Å². The van der Waals surface area contributed by atoms with E-state index in [2.05, 4.69) is 10.3 Å². The van der Waals surface area contributed by atoms with Crippen LogP contribution in [-0.2, 0) is 11.0 Å².